The molecule has 0 spiro atoms. The summed E-state index contributed by atoms with van der Waals surface area (Å²) in [5.74, 6) is 0. The molecule has 15 heavy (non-hydrogen) atoms. The minimum absolute atomic E-state index is 0.427. The fourth-order valence-corrected chi connectivity index (χ4v) is 2.33. The largest absolute Gasteiger partial charge is 0.274 e. The normalized spacial score (nSPS) is 20.3. The van der Waals surface area contributed by atoms with E-state index < -0.39 is 0 Å². The lowest BCUT2D eigenvalue weighted by Gasteiger charge is -2.26. The number of rotatable bonds is 7. The van der Waals surface area contributed by atoms with Gasteiger partial charge in [0.1, 0.15) is 12.5 Å². The van der Waals surface area contributed by atoms with Crippen LogP contribution in [0.5, 0.6) is 0 Å². The van der Waals surface area contributed by atoms with Crippen LogP contribution in [0.3, 0.4) is 0 Å². The van der Waals surface area contributed by atoms with Crippen LogP contribution in [0.15, 0.2) is 5.10 Å². The number of hydrogen-bond donors (Lipinski definition) is 0. The van der Waals surface area contributed by atoms with Crippen molar-refractivity contribution in [2.75, 3.05) is 6.54 Å². The van der Waals surface area contributed by atoms with Gasteiger partial charge in [-0.05, 0) is 12.8 Å². The van der Waals surface area contributed by atoms with Crippen molar-refractivity contribution in [3.05, 3.63) is 0 Å². The number of hydrogen-bond acceptors (Lipinski definition) is 3. The Morgan fingerprint density at radius 2 is 2.00 bits per heavy atom. The van der Waals surface area contributed by atoms with Crippen LogP contribution >= 0.6 is 16.1 Å². The van der Waals surface area contributed by atoms with Gasteiger partial charge in [0.05, 0.1) is 16.1 Å². The molecular formula is C11H22BrN3. The Hall–Kier alpha value is -0.250. The summed E-state index contributed by atoms with van der Waals surface area (Å²) in [7, 11) is 0. The average Bonchev–Trinajstić information content (AvgIpc) is 2.57. The van der Waals surface area contributed by atoms with Crippen molar-refractivity contribution in [1.82, 2.24) is 8.93 Å². The molecule has 88 valence electrons. The van der Waals surface area contributed by atoms with Gasteiger partial charge in [0.15, 0.2) is 0 Å². The van der Waals surface area contributed by atoms with Gasteiger partial charge in [-0.3, -0.25) is 8.93 Å². The molecule has 0 aromatic rings. The summed E-state index contributed by atoms with van der Waals surface area (Å²) in [4.78, 5) is 0. The SMILES string of the molecule is CCCCCCN1N=CN(Br)C1CCC. The maximum absolute atomic E-state index is 4.40. The Balaban J connectivity index is 2.24. The van der Waals surface area contributed by atoms with Crippen molar-refractivity contribution in [2.24, 2.45) is 5.10 Å². The number of nitrogens with zero attached hydrogens (tertiary/aromatic N) is 3. The van der Waals surface area contributed by atoms with Crippen molar-refractivity contribution in [2.45, 2.75) is 58.5 Å². The minimum Gasteiger partial charge on any atom is -0.274 e. The lowest BCUT2D eigenvalue weighted by Crippen LogP contribution is -2.34. The summed E-state index contributed by atoms with van der Waals surface area (Å²) in [6, 6.07) is 0. The van der Waals surface area contributed by atoms with E-state index >= 15 is 0 Å². The van der Waals surface area contributed by atoms with E-state index in [-0.39, 0.29) is 0 Å². The van der Waals surface area contributed by atoms with Gasteiger partial charge in [0.2, 0.25) is 0 Å². The van der Waals surface area contributed by atoms with Crippen molar-refractivity contribution in [3.63, 3.8) is 0 Å². The molecule has 0 amide bonds. The first-order valence-electron chi connectivity index (χ1n) is 6.04. The highest BCUT2D eigenvalue weighted by molar-refractivity contribution is 9.07. The highest BCUT2D eigenvalue weighted by atomic mass is 79.9. The van der Waals surface area contributed by atoms with Gasteiger partial charge in [-0.2, -0.15) is 5.10 Å². The van der Waals surface area contributed by atoms with Crippen molar-refractivity contribution in [3.8, 4) is 0 Å². The van der Waals surface area contributed by atoms with Crippen LogP contribution in [0.1, 0.15) is 52.4 Å². The van der Waals surface area contributed by atoms with Crippen LogP contribution in [0.2, 0.25) is 0 Å². The molecule has 0 aliphatic carbocycles. The molecule has 0 bridgehead atoms. The summed E-state index contributed by atoms with van der Waals surface area (Å²) < 4.78 is 2.04. The molecule has 1 unspecified atom stereocenters. The summed E-state index contributed by atoms with van der Waals surface area (Å²) >= 11 is 3.51. The van der Waals surface area contributed by atoms with E-state index in [9.17, 15) is 0 Å². The van der Waals surface area contributed by atoms with Gasteiger partial charge < -0.3 is 0 Å². The smallest absolute Gasteiger partial charge is 0.129 e. The first-order valence-corrected chi connectivity index (χ1v) is 6.75. The first kappa shape index (κ1) is 12.8. The molecule has 0 aromatic carbocycles. The molecule has 1 heterocycles. The van der Waals surface area contributed by atoms with Gasteiger partial charge >= 0.3 is 0 Å². The molecule has 0 saturated carbocycles. The van der Waals surface area contributed by atoms with E-state index in [0.717, 1.165) is 6.54 Å². The molecule has 0 radical (unpaired) electrons. The maximum atomic E-state index is 4.40. The molecule has 1 atom stereocenters. The molecule has 4 heteroatoms. The Kier molecular flexibility index (Phi) is 6.06. The monoisotopic (exact) mass is 275 g/mol. The van der Waals surface area contributed by atoms with Crippen LogP contribution < -0.4 is 0 Å². The molecule has 0 aromatic heterocycles. The second-order valence-corrected chi connectivity index (χ2v) is 4.89. The summed E-state index contributed by atoms with van der Waals surface area (Å²) in [6.45, 7) is 5.55. The number of hydrazone groups is 1. The second kappa shape index (κ2) is 7.09. The highest BCUT2D eigenvalue weighted by Crippen LogP contribution is 2.20. The van der Waals surface area contributed by atoms with Gasteiger partial charge in [0, 0.05) is 6.54 Å². The van der Waals surface area contributed by atoms with E-state index in [4.69, 9.17) is 0 Å². The van der Waals surface area contributed by atoms with Crippen LogP contribution in [-0.4, -0.2) is 28.0 Å². The quantitative estimate of drug-likeness (QED) is 0.523. The third-order valence-corrected chi connectivity index (χ3v) is 3.38. The van der Waals surface area contributed by atoms with Gasteiger partial charge in [0.25, 0.3) is 0 Å². The Morgan fingerprint density at radius 1 is 1.20 bits per heavy atom. The molecule has 0 fully saturated rings. The molecule has 0 saturated heterocycles. The zero-order valence-electron chi connectivity index (χ0n) is 9.82. The summed E-state index contributed by atoms with van der Waals surface area (Å²) in [6.07, 6.45) is 9.88. The van der Waals surface area contributed by atoms with Crippen LogP contribution in [-0.2, 0) is 0 Å². The van der Waals surface area contributed by atoms with E-state index in [1.807, 2.05) is 10.3 Å². The van der Waals surface area contributed by atoms with E-state index in [2.05, 4.69) is 40.1 Å². The third kappa shape index (κ3) is 4.01. The van der Waals surface area contributed by atoms with Gasteiger partial charge in [-0.15, -0.1) is 0 Å². The average molecular weight is 276 g/mol. The molecule has 1 aliphatic heterocycles. The lowest BCUT2D eigenvalue weighted by molar-refractivity contribution is 0.168. The fourth-order valence-electron chi connectivity index (χ4n) is 1.83. The Bertz CT molecular complexity index is 196. The molecular weight excluding hydrogens is 254 g/mol. The van der Waals surface area contributed by atoms with E-state index in [0.29, 0.717) is 6.17 Å². The van der Waals surface area contributed by atoms with Crippen molar-refractivity contribution < 1.29 is 0 Å². The predicted octanol–water partition coefficient (Wildman–Crippen LogP) is 3.56. The predicted molar refractivity (Wildman–Crippen MR) is 68.8 cm³/mol. The Labute approximate surface area is 102 Å². The second-order valence-electron chi connectivity index (χ2n) is 4.07. The molecule has 1 rings (SSSR count). The summed E-state index contributed by atoms with van der Waals surface area (Å²) in [5.41, 5.74) is 0. The zero-order valence-corrected chi connectivity index (χ0v) is 11.4. The minimum atomic E-state index is 0.427. The molecule has 0 N–H and O–H groups in total. The van der Waals surface area contributed by atoms with Gasteiger partial charge in [-0.1, -0.05) is 39.5 Å². The lowest BCUT2D eigenvalue weighted by atomic mass is 10.2. The maximum Gasteiger partial charge on any atom is 0.129 e. The standard InChI is InChI=1S/C11H22BrN3/c1-3-5-6-7-9-15-11(8-4-2)14(12)10-13-15/h10-11H,3-9H2,1-2H3. The summed E-state index contributed by atoms with van der Waals surface area (Å²) in [5, 5.41) is 6.60. The Morgan fingerprint density at radius 3 is 2.67 bits per heavy atom. The third-order valence-electron chi connectivity index (χ3n) is 2.73. The molecule has 3 nitrogen and oxygen atoms in total. The van der Waals surface area contributed by atoms with Crippen LogP contribution in [0, 0.1) is 0 Å². The van der Waals surface area contributed by atoms with Crippen LogP contribution in [0.25, 0.3) is 0 Å². The van der Waals surface area contributed by atoms with Gasteiger partial charge in [-0.25, -0.2) is 0 Å². The number of halogens is 1. The first-order chi connectivity index (χ1) is 7.29. The van der Waals surface area contributed by atoms with E-state index in [1.54, 1.807) is 0 Å². The van der Waals surface area contributed by atoms with Crippen molar-refractivity contribution in [1.29, 1.82) is 0 Å². The van der Waals surface area contributed by atoms with Crippen molar-refractivity contribution >= 4 is 22.5 Å². The van der Waals surface area contributed by atoms with Crippen LogP contribution in [0.4, 0.5) is 0 Å². The molecule has 1 aliphatic rings. The fraction of sp³-hybridized carbons (Fsp3) is 0.909. The topological polar surface area (TPSA) is 18.8 Å². The highest BCUT2D eigenvalue weighted by Gasteiger charge is 2.24. The van der Waals surface area contributed by atoms with E-state index in [1.165, 1.54) is 38.5 Å². The number of unbranched alkanes of at least 4 members (excludes halogenated alkanes) is 3. The zero-order chi connectivity index (χ0) is 11.1.